The number of halogens is 2. The standard InChI is InChI=1S/C15H14FIN2O2/c16-10-5-9(6-11(20)7-10)14-18-13(8-3-1-2-4-8)12(17)15(21)19-14/h5-8,20H,1-4H2,(H,18,19,21). The van der Waals surface area contributed by atoms with Crippen molar-refractivity contribution < 1.29 is 9.50 Å². The number of hydrogen-bond donors (Lipinski definition) is 2. The van der Waals surface area contributed by atoms with Crippen molar-refractivity contribution in [1.29, 1.82) is 0 Å². The Hall–Kier alpha value is -1.44. The molecule has 3 rings (SSSR count). The van der Waals surface area contributed by atoms with E-state index < -0.39 is 5.82 Å². The van der Waals surface area contributed by atoms with E-state index in [9.17, 15) is 14.3 Å². The number of nitrogens with one attached hydrogen (secondary N) is 1. The van der Waals surface area contributed by atoms with Gasteiger partial charge in [-0.2, -0.15) is 0 Å². The first-order chi connectivity index (χ1) is 10.0. The summed E-state index contributed by atoms with van der Waals surface area (Å²) in [6.45, 7) is 0. The van der Waals surface area contributed by atoms with Crippen LogP contribution >= 0.6 is 22.6 Å². The number of aromatic hydroxyl groups is 1. The van der Waals surface area contributed by atoms with E-state index in [1.54, 1.807) is 0 Å². The van der Waals surface area contributed by atoms with Crippen LogP contribution in [0, 0.1) is 9.39 Å². The van der Waals surface area contributed by atoms with Gasteiger partial charge in [0, 0.05) is 17.5 Å². The van der Waals surface area contributed by atoms with E-state index in [1.165, 1.54) is 12.1 Å². The predicted molar refractivity (Wildman–Crippen MR) is 85.8 cm³/mol. The molecule has 0 atom stereocenters. The predicted octanol–water partition coefficient (Wildman–Crippen LogP) is 3.54. The number of H-pyrrole nitrogens is 1. The molecule has 0 saturated heterocycles. The molecule has 2 aromatic rings. The maximum absolute atomic E-state index is 13.4. The third kappa shape index (κ3) is 2.95. The molecule has 1 aromatic carbocycles. The summed E-state index contributed by atoms with van der Waals surface area (Å²) >= 11 is 2.01. The Bertz CT molecular complexity index is 719. The number of aromatic nitrogens is 2. The average Bonchev–Trinajstić information content (AvgIpc) is 2.94. The molecule has 1 heterocycles. The Labute approximate surface area is 134 Å². The van der Waals surface area contributed by atoms with Crippen LogP contribution in [0.2, 0.25) is 0 Å². The van der Waals surface area contributed by atoms with E-state index >= 15 is 0 Å². The Morgan fingerprint density at radius 2 is 2.00 bits per heavy atom. The van der Waals surface area contributed by atoms with Crippen molar-refractivity contribution in [1.82, 2.24) is 9.97 Å². The molecule has 0 unspecified atom stereocenters. The summed E-state index contributed by atoms with van der Waals surface area (Å²) in [6, 6.07) is 3.67. The molecule has 0 aliphatic heterocycles. The minimum atomic E-state index is -0.561. The summed E-state index contributed by atoms with van der Waals surface area (Å²) < 4.78 is 14.0. The second-order valence-corrected chi connectivity index (χ2v) is 6.37. The first-order valence-corrected chi connectivity index (χ1v) is 7.92. The lowest BCUT2D eigenvalue weighted by Gasteiger charge is -2.12. The topological polar surface area (TPSA) is 66.0 Å². The summed E-state index contributed by atoms with van der Waals surface area (Å²) in [5.41, 5.74) is 0.946. The molecule has 0 radical (unpaired) electrons. The number of phenolic OH excluding ortho intramolecular Hbond substituents is 1. The van der Waals surface area contributed by atoms with Gasteiger partial charge in [0.2, 0.25) is 0 Å². The number of rotatable bonds is 2. The highest BCUT2D eigenvalue weighted by atomic mass is 127. The largest absolute Gasteiger partial charge is 0.508 e. The van der Waals surface area contributed by atoms with E-state index in [-0.39, 0.29) is 11.3 Å². The molecular weight excluding hydrogens is 386 g/mol. The summed E-state index contributed by atoms with van der Waals surface area (Å²) in [5, 5.41) is 9.50. The van der Waals surface area contributed by atoms with Gasteiger partial charge < -0.3 is 10.1 Å². The van der Waals surface area contributed by atoms with Gasteiger partial charge in [-0.3, -0.25) is 4.79 Å². The highest BCUT2D eigenvalue weighted by Gasteiger charge is 2.23. The molecule has 6 heteroatoms. The van der Waals surface area contributed by atoms with Crippen LogP contribution in [0.5, 0.6) is 5.75 Å². The number of aromatic amines is 1. The SMILES string of the molecule is O=c1[nH]c(-c2cc(O)cc(F)c2)nc(C2CCCC2)c1I. The lowest BCUT2D eigenvalue weighted by molar-refractivity contribution is 0.469. The van der Waals surface area contributed by atoms with Gasteiger partial charge in [-0.25, -0.2) is 9.37 Å². The number of nitrogens with zero attached hydrogens (tertiary/aromatic N) is 1. The fraction of sp³-hybridized carbons (Fsp3) is 0.333. The van der Waals surface area contributed by atoms with Gasteiger partial charge in [-0.1, -0.05) is 12.8 Å². The van der Waals surface area contributed by atoms with Crippen LogP contribution in [0.1, 0.15) is 37.3 Å². The number of phenols is 1. The lowest BCUT2D eigenvalue weighted by atomic mass is 10.0. The van der Waals surface area contributed by atoms with Gasteiger partial charge in [0.15, 0.2) is 0 Å². The van der Waals surface area contributed by atoms with Crippen molar-refractivity contribution in [2.75, 3.05) is 0 Å². The summed E-state index contributed by atoms with van der Waals surface area (Å²) in [4.78, 5) is 19.3. The molecule has 2 N–H and O–H groups in total. The first kappa shape index (κ1) is 14.5. The van der Waals surface area contributed by atoms with Crippen LogP contribution in [-0.4, -0.2) is 15.1 Å². The molecule has 4 nitrogen and oxygen atoms in total. The van der Waals surface area contributed by atoms with Gasteiger partial charge in [0.25, 0.3) is 5.56 Å². The molecule has 1 fully saturated rings. The van der Waals surface area contributed by atoms with Crippen molar-refractivity contribution >= 4 is 22.6 Å². The molecule has 0 amide bonds. The third-order valence-corrected chi connectivity index (χ3v) is 4.83. The van der Waals surface area contributed by atoms with Gasteiger partial charge >= 0.3 is 0 Å². The Kier molecular flexibility index (Phi) is 3.97. The van der Waals surface area contributed by atoms with Gasteiger partial charge in [-0.15, -0.1) is 0 Å². The van der Waals surface area contributed by atoms with E-state index in [0.29, 0.717) is 20.9 Å². The van der Waals surface area contributed by atoms with Crippen molar-refractivity contribution in [2.45, 2.75) is 31.6 Å². The van der Waals surface area contributed by atoms with Crippen molar-refractivity contribution in [2.24, 2.45) is 0 Å². The van der Waals surface area contributed by atoms with Crippen LogP contribution in [-0.2, 0) is 0 Å². The van der Waals surface area contributed by atoms with Crippen LogP contribution in [0.25, 0.3) is 11.4 Å². The summed E-state index contributed by atoms with van der Waals surface area (Å²) in [5.74, 6) is -0.153. The minimum absolute atomic E-state index is 0.186. The normalized spacial score (nSPS) is 15.5. The fourth-order valence-corrected chi connectivity index (χ4v) is 3.49. The highest BCUT2D eigenvalue weighted by molar-refractivity contribution is 14.1. The minimum Gasteiger partial charge on any atom is -0.508 e. The van der Waals surface area contributed by atoms with Crippen molar-refractivity contribution in [3.05, 3.63) is 43.6 Å². The van der Waals surface area contributed by atoms with Crippen LogP contribution < -0.4 is 5.56 Å². The second-order valence-electron chi connectivity index (χ2n) is 5.29. The van der Waals surface area contributed by atoms with Crippen molar-refractivity contribution in [3.63, 3.8) is 0 Å². The van der Waals surface area contributed by atoms with Crippen molar-refractivity contribution in [3.8, 4) is 17.1 Å². The molecule has 1 aliphatic rings. The molecule has 1 saturated carbocycles. The molecule has 110 valence electrons. The number of benzene rings is 1. The maximum Gasteiger partial charge on any atom is 0.264 e. The van der Waals surface area contributed by atoms with Gasteiger partial charge in [-0.05, 0) is 47.6 Å². The zero-order valence-electron chi connectivity index (χ0n) is 11.2. The third-order valence-electron chi connectivity index (χ3n) is 3.79. The Morgan fingerprint density at radius 1 is 1.29 bits per heavy atom. The quantitative estimate of drug-likeness (QED) is 0.758. The summed E-state index contributed by atoms with van der Waals surface area (Å²) in [7, 11) is 0. The van der Waals surface area contributed by atoms with Crippen LogP contribution in [0.3, 0.4) is 0 Å². The van der Waals surface area contributed by atoms with E-state index in [2.05, 4.69) is 9.97 Å². The lowest BCUT2D eigenvalue weighted by Crippen LogP contribution is -2.18. The van der Waals surface area contributed by atoms with Gasteiger partial charge in [0.05, 0.1) is 9.26 Å². The maximum atomic E-state index is 13.4. The first-order valence-electron chi connectivity index (χ1n) is 6.84. The van der Waals surface area contributed by atoms with Crippen LogP contribution in [0.4, 0.5) is 4.39 Å². The molecule has 0 bridgehead atoms. The fourth-order valence-electron chi connectivity index (χ4n) is 2.79. The monoisotopic (exact) mass is 400 g/mol. The number of hydrogen-bond acceptors (Lipinski definition) is 3. The average molecular weight is 400 g/mol. The zero-order chi connectivity index (χ0) is 15.0. The van der Waals surface area contributed by atoms with E-state index in [1.807, 2.05) is 22.6 Å². The van der Waals surface area contributed by atoms with E-state index in [4.69, 9.17) is 0 Å². The zero-order valence-corrected chi connectivity index (χ0v) is 13.4. The Balaban J connectivity index is 2.12. The molecule has 0 spiro atoms. The molecule has 1 aliphatic carbocycles. The molecule has 21 heavy (non-hydrogen) atoms. The Morgan fingerprint density at radius 3 is 2.67 bits per heavy atom. The van der Waals surface area contributed by atoms with E-state index in [0.717, 1.165) is 37.4 Å². The highest BCUT2D eigenvalue weighted by Crippen LogP contribution is 2.35. The summed E-state index contributed by atoms with van der Waals surface area (Å²) in [6.07, 6.45) is 4.34. The van der Waals surface area contributed by atoms with Gasteiger partial charge in [0.1, 0.15) is 17.4 Å². The molecule has 1 aromatic heterocycles. The second kappa shape index (κ2) is 5.75. The van der Waals surface area contributed by atoms with Crippen LogP contribution in [0.15, 0.2) is 23.0 Å². The molecular formula is C15H14FIN2O2. The smallest absolute Gasteiger partial charge is 0.264 e.